The van der Waals surface area contributed by atoms with Gasteiger partial charge in [-0.25, -0.2) is 9.59 Å². The molecule has 10 N–H and O–H groups in total. The van der Waals surface area contributed by atoms with Crippen molar-refractivity contribution in [1.29, 1.82) is 0 Å². The monoisotopic (exact) mass is 1190 g/mol. The van der Waals surface area contributed by atoms with Crippen LogP contribution in [0.1, 0.15) is 41.4 Å². The summed E-state index contributed by atoms with van der Waals surface area (Å²) in [6.45, 7) is 0. The largest absolute Gasteiger partial charge is 0.478 e. The molecule has 78 heavy (non-hydrogen) atoms. The SMILES string of the molecule is O=C(Nc1ccc(/N=N/c2cc(S(=O)(=O)O)c3cc(S(=O)(=O)O)cc(S(=O)(=O)O)c3c2)cc1C(=O)O)c1ccc(C(=O)Nc2ccc(/N=N/c3cc(S(=O)(=O)O)c4cc(S(=O)(=O)O)cc(S(=O)(=O)O)c4c3)cc2C(=O)O)cc1. The summed E-state index contributed by atoms with van der Waals surface area (Å²) < 4.78 is 204. The number of rotatable bonds is 16. The van der Waals surface area contributed by atoms with Crippen LogP contribution in [0, 0.1) is 0 Å². The Kier molecular flexibility index (Phi) is 15.1. The number of aromatic carboxylic acids is 2. The van der Waals surface area contributed by atoms with Gasteiger partial charge in [0.15, 0.2) is 0 Å². The maximum Gasteiger partial charge on any atom is 0.337 e. The van der Waals surface area contributed by atoms with Crippen LogP contribution >= 0.6 is 0 Å². The highest BCUT2D eigenvalue weighted by atomic mass is 32.2. The summed E-state index contributed by atoms with van der Waals surface area (Å²) in [6.07, 6.45) is 0. The maximum atomic E-state index is 13.3. The summed E-state index contributed by atoms with van der Waals surface area (Å²) in [5.41, 5.74) is -3.84. The molecule has 2 amide bonds. The van der Waals surface area contributed by atoms with Crippen LogP contribution in [0.5, 0.6) is 0 Å². The molecule has 30 nitrogen and oxygen atoms in total. The number of amides is 2. The summed E-state index contributed by atoms with van der Waals surface area (Å²) in [5.74, 6) is -5.12. The zero-order chi connectivity index (χ0) is 57.8. The Morgan fingerprint density at radius 1 is 0.333 bits per heavy atom. The number of hydrogen-bond donors (Lipinski definition) is 10. The number of fused-ring (bicyclic) bond motifs is 2. The van der Waals surface area contributed by atoms with Gasteiger partial charge >= 0.3 is 11.9 Å². The predicted octanol–water partition coefficient (Wildman–Crippen LogP) is 6.21. The third kappa shape index (κ3) is 12.7. The molecule has 0 aliphatic heterocycles. The lowest BCUT2D eigenvalue weighted by Crippen LogP contribution is -2.16. The Bertz CT molecular complexity index is 4300. The van der Waals surface area contributed by atoms with Crippen molar-refractivity contribution >= 4 is 140 Å². The first-order valence-corrected chi connectivity index (χ1v) is 28.9. The van der Waals surface area contributed by atoms with Crippen LogP contribution in [0.4, 0.5) is 34.1 Å². The van der Waals surface area contributed by atoms with E-state index in [1.807, 2.05) is 0 Å². The lowest BCUT2D eigenvalue weighted by molar-refractivity contribution is 0.0687. The van der Waals surface area contributed by atoms with Gasteiger partial charge in [0.1, 0.15) is 19.6 Å². The van der Waals surface area contributed by atoms with Crippen LogP contribution in [0.25, 0.3) is 21.5 Å². The standard InChI is InChI=1S/C42H28N6O24S6/c49-39(43-33-7-5-21(9-31(33)41(51)52)45-47-23-11-27-29(35(13-23)75(61,62)63)15-25(73(55,56)57)17-37(27)77(67,68)69)19-1-2-20(4-3-19)40(50)44-34-8-6-22(10-32(34)42(53)54)46-48-24-12-28-30(36(14-24)76(64,65)66)16-26(74(58,59)60)18-38(28)78(70,71)72/h1-18H,(H,43,49)(H,44,50)(H,51,52)(H,53,54)(H,55,56,57)(H,58,59,60)(H,61,62,63)(H,64,65,66)(H,67,68,69)(H,70,71,72)/b47-45+,48-46+. The number of carbonyl (C=O) groups excluding carboxylic acids is 2. The van der Waals surface area contributed by atoms with E-state index in [0.717, 1.165) is 72.8 Å². The molecule has 0 aliphatic rings. The van der Waals surface area contributed by atoms with Crippen molar-refractivity contribution in [2.45, 2.75) is 29.4 Å². The Morgan fingerprint density at radius 2 is 0.615 bits per heavy atom. The van der Waals surface area contributed by atoms with E-state index in [-0.39, 0.29) is 33.9 Å². The Labute approximate surface area is 436 Å². The highest BCUT2D eigenvalue weighted by Gasteiger charge is 2.28. The second-order valence-corrected chi connectivity index (χ2v) is 24.1. The summed E-state index contributed by atoms with van der Waals surface area (Å²) in [4.78, 5) is 44.0. The molecular weight excluding hydrogens is 1160 g/mol. The van der Waals surface area contributed by atoms with Gasteiger partial charge in [-0.15, -0.1) is 0 Å². The second kappa shape index (κ2) is 20.5. The minimum absolute atomic E-state index is 0.154. The van der Waals surface area contributed by atoms with Crippen molar-refractivity contribution in [3.05, 3.63) is 131 Å². The van der Waals surface area contributed by atoms with Crippen molar-refractivity contribution in [2.75, 3.05) is 10.6 Å². The molecule has 406 valence electrons. The molecule has 0 bridgehead atoms. The summed E-state index contributed by atoms with van der Waals surface area (Å²) in [7, 11) is -31.8. The van der Waals surface area contributed by atoms with Crippen LogP contribution in [0.3, 0.4) is 0 Å². The van der Waals surface area contributed by atoms with Gasteiger partial charge in [0.25, 0.3) is 72.5 Å². The molecule has 0 unspecified atom stereocenters. The maximum absolute atomic E-state index is 13.3. The smallest absolute Gasteiger partial charge is 0.337 e. The van der Waals surface area contributed by atoms with Crippen LogP contribution in [-0.2, 0) is 60.7 Å². The predicted molar refractivity (Wildman–Crippen MR) is 264 cm³/mol. The minimum atomic E-state index is -5.36. The third-order valence-electron chi connectivity index (χ3n) is 10.5. The van der Waals surface area contributed by atoms with Crippen molar-refractivity contribution in [2.24, 2.45) is 20.5 Å². The third-order valence-corrected chi connectivity index (χ3v) is 15.8. The number of nitrogens with one attached hydrogen (secondary N) is 2. The average Bonchev–Trinajstić information content (AvgIpc) is 3.32. The first-order chi connectivity index (χ1) is 35.9. The summed E-state index contributed by atoms with van der Waals surface area (Å²) in [6, 6.07) is 15.0. The van der Waals surface area contributed by atoms with E-state index < -0.39 is 158 Å². The molecule has 0 heterocycles. The van der Waals surface area contributed by atoms with Gasteiger partial charge in [-0.2, -0.15) is 71.0 Å². The molecule has 7 rings (SSSR count). The fraction of sp³-hybridized carbons (Fsp3) is 0. The fourth-order valence-electron chi connectivity index (χ4n) is 7.13. The van der Waals surface area contributed by atoms with Crippen LogP contribution in [-0.4, -0.2) is 112 Å². The normalized spacial score (nSPS) is 12.8. The van der Waals surface area contributed by atoms with E-state index in [2.05, 4.69) is 31.1 Å². The molecule has 0 spiro atoms. The van der Waals surface area contributed by atoms with Gasteiger partial charge < -0.3 is 20.8 Å². The van der Waals surface area contributed by atoms with Gasteiger partial charge in [0.05, 0.1) is 55.0 Å². The number of carboxylic acids is 2. The lowest BCUT2D eigenvalue weighted by Gasteiger charge is -2.11. The van der Waals surface area contributed by atoms with Crippen molar-refractivity contribution in [3.8, 4) is 0 Å². The van der Waals surface area contributed by atoms with Gasteiger partial charge in [0.2, 0.25) is 0 Å². The van der Waals surface area contributed by atoms with Gasteiger partial charge in [-0.1, -0.05) is 0 Å². The quantitative estimate of drug-likeness (QED) is 0.0380. The Balaban J connectivity index is 1.09. The van der Waals surface area contributed by atoms with E-state index in [1.165, 1.54) is 0 Å². The molecule has 0 aliphatic carbocycles. The van der Waals surface area contributed by atoms with Crippen LogP contribution in [0.15, 0.2) is 159 Å². The van der Waals surface area contributed by atoms with Gasteiger partial charge in [-0.05, 0) is 109 Å². The number of anilines is 2. The zero-order valence-electron chi connectivity index (χ0n) is 37.7. The Morgan fingerprint density at radius 3 is 0.897 bits per heavy atom. The van der Waals surface area contributed by atoms with Crippen LogP contribution < -0.4 is 10.6 Å². The van der Waals surface area contributed by atoms with E-state index in [9.17, 15) is 107 Å². The molecule has 0 fully saturated rings. The first kappa shape index (κ1) is 57.3. The van der Waals surface area contributed by atoms with Gasteiger partial charge in [-0.3, -0.25) is 36.9 Å². The van der Waals surface area contributed by atoms with E-state index in [1.54, 1.807) is 0 Å². The highest BCUT2D eigenvalue weighted by molar-refractivity contribution is 7.88. The van der Waals surface area contributed by atoms with Crippen molar-refractivity contribution in [1.82, 2.24) is 0 Å². The summed E-state index contributed by atoms with van der Waals surface area (Å²) >= 11 is 0. The number of carboxylic acid groups (broad SMARTS) is 2. The number of benzene rings is 7. The average molecular weight is 1190 g/mol. The molecule has 0 saturated carbocycles. The Hall–Kier alpha value is -8.40. The molecule has 7 aromatic rings. The molecule has 0 aromatic heterocycles. The van der Waals surface area contributed by atoms with Crippen LogP contribution in [0.2, 0.25) is 0 Å². The van der Waals surface area contributed by atoms with E-state index >= 15 is 0 Å². The van der Waals surface area contributed by atoms with Gasteiger partial charge in [0, 0.05) is 32.7 Å². The van der Waals surface area contributed by atoms with E-state index in [4.69, 9.17) is 0 Å². The first-order valence-electron chi connectivity index (χ1n) is 20.3. The zero-order valence-corrected chi connectivity index (χ0v) is 42.6. The lowest BCUT2D eigenvalue weighted by atomic mass is 10.1. The minimum Gasteiger partial charge on any atom is -0.478 e. The van der Waals surface area contributed by atoms with Crippen molar-refractivity contribution < 1.29 is 107 Å². The number of carbonyl (C=O) groups is 4. The number of nitrogens with zero attached hydrogens (tertiary/aromatic N) is 4. The molecule has 0 saturated heterocycles. The highest BCUT2D eigenvalue weighted by Crippen LogP contribution is 2.38. The topological polar surface area (TPSA) is 508 Å². The molecule has 0 atom stereocenters. The fourth-order valence-corrected chi connectivity index (χ4v) is 11.2. The molecule has 36 heteroatoms. The molecule has 7 aromatic carbocycles. The number of azo groups is 2. The second-order valence-electron chi connectivity index (χ2n) is 15.7. The molecular formula is C42H28N6O24S6. The molecule has 0 radical (unpaired) electrons. The summed E-state index contributed by atoms with van der Waals surface area (Å²) in [5, 5.41) is 36.6. The number of hydrogen-bond acceptors (Lipinski definition) is 20. The van der Waals surface area contributed by atoms with E-state index in [0.29, 0.717) is 36.4 Å². The van der Waals surface area contributed by atoms with Crippen molar-refractivity contribution in [3.63, 3.8) is 0 Å².